The average molecular weight is 433 g/mol. The first-order valence-corrected chi connectivity index (χ1v) is 9.92. The summed E-state index contributed by atoms with van der Waals surface area (Å²) in [6.07, 6.45) is -0.635. The average Bonchev–Trinajstić information content (AvgIpc) is 3.27. The lowest BCUT2D eigenvalue weighted by Gasteiger charge is -2.27. The van der Waals surface area contributed by atoms with Gasteiger partial charge in [0.15, 0.2) is 0 Å². The lowest BCUT2D eigenvalue weighted by molar-refractivity contribution is -0.384. The standard InChI is InChI=1S/C20H27N5O6/c1-20(2,3)30-18(27)12-23(4)15-9-24(10-16(15)26)11-17-21-19(22-31-17)13-5-7-14(8-6-13)25(28)29/h5-8,15-16,26H,9-12H2,1-4H3/t15-,16-/m1/s1. The minimum Gasteiger partial charge on any atom is -0.459 e. The van der Waals surface area contributed by atoms with Crippen LogP contribution in [0.5, 0.6) is 0 Å². The van der Waals surface area contributed by atoms with Crippen molar-refractivity contribution in [2.45, 2.75) is 45.1 Å². The van der Waals surface area contributed by atoms with Gasteiger partial charge in [-0.2, -0.15) is 4.98 Å². The molecule has 1 aromatic carbocycles. The molecule has 2 heterocycles. The molecule has 11 nitrogen and oxygen atoms in total. The number of non-ortho nitro benzene ring substituents is 1. The second-order valence-corrected chi connectivity index (χ2v) is 8.65. The number of nitrogens with zero attached hydrogens (tertiary/aromatic N) is 5. The second-order valence-electron chi connectivity index (χ2n) is 8.65. The molecule has 0 bridgehead atoms. The number of β-amino-alcohol motifs (C(OH)–C–C–N with tert-alkyl or cyclic N) is 1. The van der Waals surface area contributed by atoms with Crippen LogP contribution < -0.4 is 0 Å². The molecule has 0 spiro atoms. The van der Waals surface area contributed by atoms with Crippen LogP contribution in [0.15, 0.2) is 28.8 Å². The highest BCUT2D eigenvalue weighted by Gasteiger charge is 2.36. The van der Waals surface area contributed by atoms with Gasteiger partial charge in [-0.1, -0.05) is 5.16 Å². The van der Waals surface area contributed by atoms with E-state index >= 15 is 0 Å². The Morgan fingerprint density at radius 1 is 1.35 bits per heavy atom. The summed E-state index contributed by atoms with van der Waals surface area (Å²) in [5.41, 5.74) is 0.0366. The van der Waals surface area contributed by atoms with Crippen molar-refractivity contribution < 1.29 is 24.1 Å². The Hall–Kier alpha value is -2.89. The van der Waals surface area contributed by atoms with E-state index in [0.717, 1.165) is 0 Å². The topological polar surface area (TPSA) is 135 Å². The Labute approximate surface area is 179 Å². The third-order valence-electron chi connectivity index (χ3n) is 4.86. The molecule has 0 aliphatic carbocycles. The zero-order chi connectivity index (χ0) is 22.8. The molecule has 2 aromatic rings. The summed E-state index contributed by atoms with van der Waals surface area (Å²) in [7, 11) is 1.78. The number of aliphatic hydroxyl groups is 1. The first kappa shape index (κ1) is 22.8. The van der Waals surface area contributed by atoms with E-state index < -0.39 is 16.6 Å². The molecule has 1 aliphatic rings. The monoisotopic (exact) mass is 433 g/mol. The van der Waals surface area contributed by atoms with Crippen molar-refractivity contribution in [3.63, 3.8) is 0 Å². The molecule has 3 rings (SSSR count). The van der Waals surface area contributed by atoms with Gasteiger partial charge in [0.25, 0.3) is 5.69 Å². The van der Waals surface area contributed by atoms with Crippen molar-refractivity contribution in [1.29, 1.82) is 0 Å². The van der Waals surface area contributed by atoms with Gasteiger partial charge in [-0.25, -0.2) is 0 Å². The molecular weight excluding hydrogens is 406 g/mol. The summed E-state index contributed by atoms with van der Waals surface area (Å²) in [6.45, 7) is 6.78. The lowest BCUT2D eigenvalue weighted by Crippen LogP contribution is -2.44. The van der Waals surface area contributed by atoms with Crippen molar-refractivity contribution >= 4 is 11.7 Å². The van der Waals surface area contributed by atoms with Crippen molar-refractivity contribution in [1.82, 2.24) is 19.9 Å². The van der Waals surface area contributed by atoms with E-state index in [-0.39, 0.29) is 24.2 Å². The quantitative estimate of drug-likeness (QED) is 0.388. The van der Waals surface area contributed by atoms with Crippen LogP contribution >= 0.6 is 0 Å². The molecule has 31 heavy (non-hydrogen) atoms. The second kappa shape index (κ2) is 9.08. The number of nitro groups is 1. The van der Waals surface area contributed by atoms with E-state index in [1.54, 1.807) is 24.1 Å². The SMILES string of the molecule is CN(CC(=O)OC(C)(C)C)[C@@H]1CN(Cc2nc(-c3ccc([N+](=O)[O-])cc3)no2)C[C@H]1O. The van der Waals surface area contributed by atoms with Crippen molar-refractivity contribution in [3.8, 4) is 11.4 Å². The lowest BCUT2D eigenvalue weighted by atomic mass is 10.2. The van der Waals surface area contributed by atoms with Crippen LogP contribution in [-0.2, 0) is 16.1 Å². The number of ether oxygens (including phenoxy) is 1. The Morgan fingerprint density at radius 3 is 2.65 bits per heavy atom. The smallest absolute Gasteiger partial charge is 0.320 e. The fourth-order valence-corrected chi connectivity index (χ4v) is 3.46. The van der Waals surface area contributed by atoms with Crippen molar-refractivity contribution in [3.05, 3.63) is 40.3 Å². The summed E-state index contributed by atoms with van der Waals surface area (Å²) < 4.78 is 10.6. The van der Waals surface area contributed by atoms with Crippen molar-refractivity contribution in [2.75, 3.05) is 26.7 Å². The number of rotatable bonds is 7. The number of carbonyl (C=O) groups excluding carboxylic acids is 1. The maximum absolute atomic E-state index is 12.1. The van der Waals surface area contributed by atoms with Gasteiger partial charge < -0.3 is 14.4 Å². The number of likely N-dealkylation sites (tertiary alicyclic amines) is 1. The number of benzene rings is 1. The molecule has 1 aromatic heterocycles. The van der Waals surface area contributed by atoms with Gasteiger partial charge in [-0.15, -0.1) is 0 Å². The van der Waals surface area contributed by atoms with E-state index in [1.165, 1.54) is 12.1 Å². The number of aliphatic hydroxyl groups excluding tert-OH is 1. The van der Waals surface area contributed by atoms with Gasteiger partial charge in [0, 0.05) is 36.8 Å². The molecular formula is C20H27N5O6. The Bertz CT molecular complexity index is 923. The predicted octanol–water partition coefficient (Wildman–Crippen LogP) is 1.46. The number of hydrogen-bond donors (Lipinski definition) is 1. The summed E-state index contributed by atoms with van der Waals surface area (Å²) in [4.78, 5) is 30.5. The minimum absolute atomic E-state index is 0.0138. The van der Waals surface area contributed by atoms with E-state index in [9.17, 15) is 20.0 Å². The van der Waals surface area contributed by atoms with Gasteiger partial charge in [0.2, 0.25) is 11.7 Å². The zero-order valence-corrected chi connectivity index (χ0v) is 18.0. The molecule has 0 radical (unpaired) electrons. The van der Waals surface area contributed by atoms with E-state index in [0.29, 0.717) is 36.9 Å². The Balaban J connectivity index is 1.57. The van der Waals surface area contributed by atoms with Crippen LogP contribution in [0.25, 0.3) is 11.4 Å². The van der Waals surface area contributed by atoms with Crippen LogP contribution in [0.3, 0.4) is 0 Å². The molecule has 2 atom stereocenters. The highest BCUT2D eigenvalue weighted by molar-refractivity contribution is 5.72. The highest BCUT2D eigenvalue weighted by atomic mass is 16.6. The molecule has 168 valence electrons. The number of likely N-dealkylation sites (N-methyl/N-ethyl adjacent to an activating group) is 1. The van der Waals surface area contributed by atoms with Crippen LogP contribution in [-0.4, -0.2) is 80.4 Å². The number of esters is 1. The van der Waals surface area contributed by atoms with Gasteiger partial charge in [0.1, 0.15) is 5.60 Å². The highest BCUT2D eigenvalue weighted by Crippen LogP contribution is 2.22. The normalized spacial score (nSPS) is 19.7. The fraction of sp³-hybridized carbons (Fsp3) is 0.550. The molecule has 0 amide bonds. The van der Waals surface area contributed by atoms with Gasteiger partial charge in [-0.05, 0) is 40.0 Å². The largest absolute Gasteiger partial charge is 0.459 e. The van der Waals surface area contributed by atoms with Crippen LogP contribution in [0.2, 0.25) is 0 Å². The fourth-order valence-electron chi connectivity index (χ4n) is 3.46. The molecule has 1 aliphatic heterocycles. The summed E-state index contributed by atoms with van der Waals surface area (Å²) in [5.74, 6) is 0.365. The van der Waals surface area contributed by atoms with Gasteiger partial charge >= 0.3 is 5.97 Å². The Morgan fingerprint density at radius 2 is 2.03 bits per heavy atom. The molecule has 0 saturated carbocycles. The number of hydrogen-bond acceptors (Lipinski definition) is 10. The third kappa shape index (κ3) is 6.06. The van der Waals surface area contributed by atoms with E-state index in [1.807, 2.05) is 25.7 Å². The number of nitro benzene ring substituents is 1. The summed E-state index contributed by atoms with van der Waals surface area (Å²) in [6, 6.07) is 5.66. The predicted molar refractivity (Wildman–Crippen MR) is 110 cm³/mol. The van der Waals surface area contributed by atoms with E-state index in [4.69, 9.17) is 9.26 Å². The molecule has 11 heteroatoms. The maximum atomic E-state index is 12.1. The summed E-state index contributed by atoms with van der Waals surface area (Å²) in [5, 5.41) is 25.2. The molecule has 1 fully saturated rings. The molecule has 1 N–H and O–H groups in total. The van der Waals surface area contributed by atoms with Crippen LogP contribution in [0, 0.1) is 10.1 Å². The summed E-state index contributed by atoms with van der Waals surface area (Å²) >= 11 is 0. The minimum atomic E-state index is -0.635. The van der Waals surface area contributed by atoms with E-state index in [2.05, 4.69) is 10.1 Å². The number of carbonyl (C=O) groups is 1. The van der Waals surface area contributed by atoms with Gasteiger partial charge in [-0.3, -0.25) is 24.7 Å². The molecule has 0 unspecified atom stereocenters. The first-order valence-electron chi connectivity index (χ1n) is 9.92. The van der Waals surface area contributed by atoms with Crippen molar-refractivity contribution in [2.24, 2.45) is 0 Å². The zero-order valence-electron chi connectivity index (χ0n) is 18.0. The Kier molecular flexibility index (Phi) is 6.68. The van der Waals surface area contributed by atoms with Gasteiger partial charge in [0.05, 0.1) is 24.1 Å². The third-order valence-corrected chi connectivity index (χ3v) is 4.86. The maximum Gasteiger partial charge on any atom is 0.320 e. The van der Waals surface area contributed by atoms with Crippen LogP contribution in [0.1, 0.15) is 26.7 Å². The first-order chi connectivity index (χ1) is 14.5. The molecule has 1 saturated heterocycles. The van der Waals surface area contributed by atoms with Crippen LogP contribution in [0.4, 0.5) is 5.69 Å². The number of aromatic nitrogens is 2.